The van der Waals surface area contributed by atoms with Gasteiger partial charge in [0.05, 0.1) is 0 Å². The van der Waals surface area contributed by atoms with E-state index in [1.165, 1.54) is 0 Å². The highest BCUT2D eigenvalue weighted by Gasteiger charge is 2.12. The molecule has 0 saturated heterocycles. The number of aliphatic hydroxyl groups excluding tert-OH is 1. The van der Waals surface area contributed by atoms with Crippen LogP contribution >= 0.6 is 23.2 Å². The molecule has 1 unspecified atom stereocenters. The van der Waals surface area contributed by atoms with E-state index in [-0.39, 0.29) is 24.7 Å². The predicted molar refractivity (Wildman–Crippen MR) is 82.5 cm³/mol. The summed E-state index contributed by atoms with van der Waals surface area (Å²) in [6, 6.07) is 4.95. The van der Waals surface area contributed by atoms with E-state index in [9.17, 15) is 4.79 Å². The lowest BCUT2D eigenvalue weighted by Gasteiger charge is -2.18. The lowest BCUT2D eigenvalue weighted by Crippen LogP contribution is -2.45. The van der Waals surface area contributed by atoms with Crippen LogP contribution in [0.2, 0.25) is 10.0 Å². The molecule has 1 aromatic carbocycles. The number of carbonyl (C=O) groups is 1. The van der Waals surface area contributed by atoms with Gasteiger partial charge in [0.25, 0.3) is 0 Å². The minimum Gasteiger partial charge on any atom is -0.396 e. The Kier molecular flexibility index (Phi) is 7.13. The fraction of sp³-hybridized carbons (Fsp3) is 0.500. The summed E-state index contributed by atoms with van der Waals surface area (Å²) in [7, 11) is 0. The molecule has 20 heavy (non-hydrogen) atoms. The lowest BCUT2D eigenvalue weighted by atomic mass is 10.1. The molecule has 0 radical (unpaired) electrons. The van der Waals surface area contributed by atoms with Crippen molar-refractivity contribution < 1.29 is 9.90 Å². The van der Waals surface area contributed by atoms with Crippen LogP contribution in [0.3, 0.4) is 0 Å². The third-order valence-corrected chi connectivity index (χ3v) is 3.45. The third kappa shape index (κ3) is 5.99. The molecule has 1 rings (SSSR count). The molecule has 2 amide bonds. The van der Waals surface area contributed by atoms with Gasteiger partial charge in [0, 0.05) is 28.7 Å². The summed E-state index contributed by atoms with van der Waals surface area (Å²) in [5.74, 6) is 0. The second-order valence-electron chi connectivity index (χ2n) is 4.87. The van der Waals surface area contributed by atoms with Crippen molar-refractivity contribution in [3.63, 3.8) is 0 Å². The van der Waals surface area contributed by atoms with Crippen LogP contribution in [-0.4, -0.2) is 29.8 Å². The molecular formula is C14H20Cl2N2O2. The van der Waals surface area contributed by atoms with E-state index in [2.05, 4.69) is 10.6 Å². The van der Waals surface area contributed by atoms with E-state index >= 15 is 0 Å². The first-order valence-corrected chi connectivity index (χ1v) is 7.29. The summed E-state index contributed by atoms with van der Waals surface area (Å²) in [5, 5.41) is 15.6. The van der Waals surface area contributed by atoms with Crippen LogP contribution in [-0.2, 0) is 6.42 Å². The number of rotatable bonds is 6. The van der Waals surface area contributed by atoms with Crippen molar-refractivity contribution in [3.8, 4) is 0 Å². The van der Waals surface area contributed by atoms with Gasteiger partial charge in [0.2, 0.25) is 0 Å². The largest absolute Gasteiger partial charge is 0.396 e. The molecular weight excluding hydrogens is 299 g/mol. The van der Waals surface area contributed by atoms with Gasteiger partial charge >= 0.3 is 6.03 Å². The number of urea groups is 1. The van der Waals surface area contributed by atoms with Crippen LogP contribution in [0, 0.1) is 0 Å². The molecule has 0 aliphatic heterocycles. The Morgan fingerprint density at radius 2 is 1.90 bits per heavy atom. The van der Waals surface area contributed by atoms with Gasteiger partial charge in [0.1, 0.15) is 0 Å². The zero-order chi connectivity index (χ0) is 15.1. The van der Waals surface area contributed by atoms with Crippen molar-refractivity contribution in [1.82, 2.24) is 10.6 Å². The van der Waals surface area contributed by atoms with Crippen LogP contribution < -0.4 is 10.6 Å². The van der Waals surface area contributed by atoms with E-state index in [1.54, 1.807) is 12.1 Å². The zero-order valence-corrected chi connectivity index (χ0v) is 13.1. The van der Waals surface area contributed by atoms with Gasteiger partial charge in [-0.2, -0.15) is 0 Å². The Hall–Kier alpha value is -0.970. The van der Waals surface area contributed by atoms with Crippen molar-refractivity contribution in [1.29, 1.82) is 0 Å². The van der Waals surface area contributed by atoms with E-state index in [0.717, 1.165) is 5.56 Å². The topological polar surface area (TPSA) is 61.4 Å². The molecule has 2 atom stereocenters. The Labute approximate surface area is 129 Å². The average Bonchev–Trinajstić information content (AvgIpc) is 2.32. The van der Waals surface area contributed by atoms with E-state index < -0.39 is 0 Å². The number of carbonyl (C=O) groups excluding carboxylic acids is 1. The number of nitrogens with one attached hydrogen (secondary N) is 2. The Morgan fingerprint density at radius 1 is 1.25 bits per heavy atom. The third-order valence-electron chi connectivity index (χ3n) is 2.86. The number of halogens is 2. The van der Waals surface area contributed by atoms with E-state index in [4.69, 9.17) is 28.3 Å². The van der Waals surface area contributed by atoms with Gasteiger partial charge in [-0.1, -0.05) is 29.3 Å². The molecule has 0 aliphatic carbocycles. The summed E-state index contributed by atoms with van der Waals surface area (Å²) in [6.45, 7) is 3.80. The van der Waals surface area contributed by atoms with Crippen molar-refractivity contribution in [2.24, 2.45) is 0 Å². The number of amides is 2. The van der Waals surface area contributed by atoms with Crippen LogP contribution in [0.25, 0.3) is 0 Å². The fourth-order valence-corrected chi connectivity index (χ4v) is 2.31. The smallest absolute Gasteiger partial charge is 0.315 e. The Balaban J connectivity index is 2.46. The first-order valence-electron chi connectivity index (χ1n) is 6.54. The molecule has 0 spiro atoms. The molecule has 4 nitrogen and oxygen atoms in total. The molecule has 0 heterocycles. The molecule has 0 aromatic heterocycles. The maximum absolute atomic E-state index is 11.7. The highest BCUT2D eigenvalue weighted by atomic mass is 35.5. The molecule has 0 saturated carbocycles. The van der Waals surface area contributed by atoms with Gasteiger partial charge in [-0.15, -0.1) is 0 Å². The monoisotopic (exact) mass is 318 g/mol. The summed E-state index contributed by atoms with van der Waals surface area (Å²) in [6.07, 6.45) is 1.16. The second kappa shape index (κ2) is 8.35. The maximum Gasteiger partial charge on any atom is 0.315 e. The number of hydrogen-bond donors (Lipinski definition) is 3. The van der Waals surface area contributed by atoms with Crippen molar-refractivity contribution >= 4 is 29.2 Å². The highest BCUT2D eigenvalue weighted by Crippen LogP contribution is 2.22. The molecule has 112 valence electrons. The lowest BCUT2D eigenvalue weighted by molar-refractivity contribution is 0.228. The van der Waals surface area contributed by atoms with E-state index in [0.29, 0.717) is 22.9 Å². The standard InChI is InChI=1S/C14H20Cl2N2O2/c1-9(5-6-19)17-14(20)18-10(2)7-11-3-4-12(15)8-13(11)16/h3-4,8-10,19H,5-7H2,1-2H3,(H2,17,18,20)/t9-,10?/m1/s1. The summed E-state index contributed by atoms with van der Waals surface area (Å²) in [4.78, 5) is 11.7. The minimum absolute atomic E-state index is 0.0530. The van der Waals surface area contributed by atoms with Crippen molar-refractivity contribution in [2.75, 3.05) is 6.61 Å². The van der Waals surface area contributed by atoms with Crippen LogP contribution in [0.5, 0.6) is 0 Å². The zero-order valence-electron chi connectivity index (χ0n) is 11.6. The molecule has 0 fully saturated rings. The number of benzene rings is 1. The molecule has 0 bridgehead atoms. The van der Waals surface area contributed by atoms with Crippen LogP contribution in [0.4, 0.5) is 4.79 Å². The predicted octanol–water partition coefficient (Wildman–Crippen LogP) is 2.99. The quantitative estimate of drug-likeness (QED) is 0.755. The van der Waals surface area contributed by atoms with Crippen molar-refractivity contribution in [3.05, 3.63) is 33.8 Å². The SMILES string of the molecule is CC(Cc1ccc(Cl)cc1Cl)NC(=O)N[C@H](C)CCO. The number of aliphatic hydroxyl groups is 1. The Morgan fingerprint density at radius 3 is 2.50 bits per heavy atom. The van der Waals surface area contributed by atoms with Gasteiger partial charge < -0.3 is 15.7 Å². The maximum atomic E-state index is 11.7. The normalized spacial score (nSPS) is 13.7. The summed E-state index contributed by atoms with van der Waals surface area (Å²) in [5.41, 5.74) is 0.937. The first-order chi connectivity index (χ1) is 9.42. The molecule has 6 heteroatoms. The fourth-order valence-electron chi connectivity index (χ4n) is 1.82. The second-order valence-corrected chi connectivity index (χ2v) is 5.72. The molecule has 3 N–H and O–H groups in total. The van der Waals surface area contributed by atoms with Crippen LogP contribution in [0.15, 0.2) is 18.2 Å². The van der Waals surface area contributed by atoms with Gasteiger partial charge in [0.15, 0.2) is 0 Å². The average molecular weight is 319 g/mol. The van der Waals surface area contributed by atoms with Gasteiger partial charge in [-0.05, 0) is 44.4 Å². The first kappa shape index (κ1) is 17.1. The molecule has 1 aromatic rings. The van der Waals surface area contributed by atoms with Crippen LogP contribution in [0.1, 0.15) is 25.8 Å². The highest BCUT2D eigenvalue weighted by molar-refractivity contribution is 6.35. The van der Waals surface area contributed by atoms with Crippen molar-refractivity contribution in [2.45, 2.75) is 38.8 Å². The minimum atomic E-state index is -0.247. The Bertz CT molecular complexity index is 455. The summed E-state index contributed by atoms with van der Waals surface area (Å²) >= 11 is 11.9. The van der Waals surface area contributed by atoms with E-state index in [1.807, 2.05) is 19.9 Å². The number of hydrogen-bond acceptors (Lipinski definition) is 2. The van der Waals surface area contributed by atoms with Gasteiger partial charge in [-0.25, -0.2) is 4.79 Å². The summed E-state index contributed by atoms with van der Waals surface area (Å²) < 4.78 is 0. The molecule has 0 aliphatic rings. The van der Waals surface area contributed by atoms with Gasteiger partial charge in [-0.3, -0.25) is 0 Å².